The van der Waals surface area contributed by atoms with Gasteiger partial charge in [-0.15, -0.1) is 11.6 Å². The molecule has 1 aromatic carbocycles. The van der Waals surface area contributed by atoms with E-state index in [1.165, 1.54) is 9.47 Å². The Morgan fingerprint density at radius 2 is 2.04 bits per heavy atom. The minimum Gasteiger partial charge on any atom is -0.477 e. The Balaban J connectivity index is 1.96. The first kappa shape index (κ1) is 18.2. The van der Waals surface area contributed by atoms with Gasteiger partial charge in [0.25, 0.3) is 0 Å². The zero-order valence-electron chi connectivity index (χ0n) is 14.3. The molecule has 144 valence electrons. The minimum atomic E-state index is -1.42. The molecule has 0 unspecified atom stereocenters. The molecule has 27 heavy (non-hydrogen) atoms. The van der Waals surface area contributed by atoms with E-state index >= 15 is 4.39 Å². The van der Waals surface area contributed by atoms with Crippen LogP contribution >= 0.6 is 11.6 Å². The molecule has 0 radical (unpaired) electrons. The SMILES string of the molecule is NC[C@@H]1CN(c2c(F)cc3c(=O)c(C(=O)O)cn(C4CC4)c3c2F)C[C@@H]1Cl. The average Bonchev–Trinajstić information content (AvgIpc) is 3.38. The lowest BCUT2D eigenvalue weighted by Gasteiger charge is -2.22. The Kier molecular flexibility index (Phi) is 4.35. The number of aromatic nitrogens is 1. The van der Waals surface area contributed by atoms with Crippen molar-refractivity contribution in [3.63, 3.8) is 0 Å². The van der Waals surface area contributed by atoms with Crippen LogP contribution in [0.1, 0.15) is 29.2 Å². The lowest BCUT2D eigenvalue weighted by Crippen LogP contribution is -2.26. The standard InChI is InChI=1S/C18H18ClF2N3O3/c19-12-7-23(5-8(12)4-22)16-13(20)3-10-15(14(16)21)24(9-1-2-9)6-11(17(10)25)18(26)27/h3,6,8-9,12H,1-2,4-5,7,22H2,(H,26,27)/t8-,12+/m1/s1. The van der Waals surface area contributed by atoms with Crippen LogP contribution in [0.25, 0.3) is 10.9 Å². The Morgan fingerprint density at radius 3 is 2.59 bits per heavy atom. The molecule has 2 fully saturated rings. The molecule has 9 heteroatoms. The maximum atomic E-state index is 15.4. The van der Waals surface area contributed by atoms with E-state index in [2.05, 4.69) is 0 Å². The third-order valence-electron chi connectivity index (χ3n) is 5.33. The number of fused-ring (bicyclic) bond motifs is 1. The van der Waals surface area contributed by atoms with Gasteiger partial charge in [-0.05, 0) is 25.5 Å². The number of nitrogens with zero attached hydrogens (tertiary/aromatic N) is 2. The lowest BCUT2D eigenvalue weighted by molar-refractivity contribution is 0.0695. The molecule has 1 saturated carbocycles. The predicted molar refractivity (Wildman–Crippen MR) is 97.8 cm³/mol. The number of halogens is 3. The lowest BCUT2D eigenvalue weighted by atomic mass is 10.1. The second kappa shape index (κ2) is 6.45. The highest BCUT2D eigenvalue weighted by atomic mass is 35.5. The molecule has 1 aromatic heterocycles. The van der Waals surface area contributed by atoms with Gasteiger partial charge in [-0.25, -0.2) is 13.6 Å². The topological polar surface area (TPSA) is 88.6 Å². The first-order valence-electron chi connectivity index (χ1n) is 8.72. The molecule has 2 heterocycles. The Hall–Kier alpha value is -2.19. The number of benzene rings is 1. The number of carbonyl (C=O) groups is 1. The molecule has 2 aliphatic rings. The number of alkyl halides is 1. The monoisotopic (exact) mass is 397 g/mol. The number of carboxylic acids is 1. The van der Waals surface area contributed by atoms with Gasteiger partial charge in [-0.1, -0.05) is 0 Å². The molecule has 0 spiro atoms. The number of hydrogen-bond acceptors (Lipinski definition) is 4. The van der Waals surface area contributed by atoms with E-state index in [-0.39, 0.29) is 40.5 Å². The van der Waals surface area contributed by atoms with E-state index in [0.717, 1.165) is 25.1 Å². The van der Waals surface area contributed by atoms with Gasteiger partial charge in [-0.3, -0.25) is 4.79 Å². The van der Waals surface area contributed by atoms with Gasteiger partial charge >= 0.3 is 5.97 Å². The molecule has 6 nitrogen and oxygen atoms in total. The summed E-state index contributed by atoms with van der Waals surface area (Å²) in [5, 5.41) is 8.67. The maximum absolute atomic E-state index is 15.4. The fourth-order valence-electron chi connectivity index (χ4n) is 3.75. The molecule has 1 aliphatic carbocycles. The number of rotatable bonds is 4. The van der Waals surface area contributed by atoms with Crippen molar-refractivity contribution in [1.82, 2.24) is 4.57 Å². The second-order valence-corrected chi connectivity index (χ2v) is 7.71. The second-order valence-electron chi connectivity index (χ2n) is 7.15. The summed E-state index contributed by atoms with van der Waals surface area (Å²) in [6, 6.07) is 0.829. The summed E-state index contributed by atoms with van der Waals surface area (Å²) < 4.78 is 31.7. The fraction of sp³-hybridized carbons (Fsp3) is 0.444. The van der Waals surface area contributed by atoms with Gasteiger partial charge in [-0.2, -0.15) is 0 Å². The van der Waals surface area contributed by atoms with Gasteiger partial charge in [0.15, 0.2) is 5.82 Å². The summed E-state index contributed by atoms with van der Waals surface area (Å²) >= 11 is 6.23. The van der Waals surface area contributed by atoms with Crippen molar-refractivity contribution in [2.24, 2.45) is 11.7 Å². The van der Waals surface area contributed by atoms with E-state index < -0.39 is 28.6 Å². The normalized spacial score (nSPS) is 22.6. The summed E-state index contributed by atoms with van der Waals surface area (Å²) in [4.78, 5) is 25.4. The molecule has 0 amide bonds. The van der Waals surface area contributed by atoms with E-state index in [0.29, 0.717) is 13.1 Å². The van der Waals surface area contributed by atoms with Crippen molar-refractivity contribution in [3.8, 4) is 0 Å². The van der Waals surface area contributed by atoms with Crippen LogP contribution in [0, 0.1) is 17.6 Å². The Bertz CT molecular complexity index is 1010. The predicted octanol–water partition coefficient (Wildman–Crippen LogP) is 2.32. The van der Waals surface area contributed by atoms with Crippen LogP contribution in [-0.4, -0.2) is 40.7 Å². The summed E-state index contributed by atoms with van der Waals surface area (Å²) in [7, 11) is 0. The van der Waals surface area contributed by atoms with Gasteiger partial charge < -0.3 is 20.3 Å². The zero-order chi connectivity index (χ0) is 19.5. The van der Waals surface area contributed by atoms with Crippen LogP contribution in [0.3, 0.4) is 0 Å². The quantitative estimate of drug-likeness (QED) is 0.773. The van der Waals surface area contributed by atoms with Crippen molar-refractivity contribution >= 4 is 34.2 Å². The van der Waals surface area contributed by atoms with Gasteiger partial charge in [0.2, 0.25) is 5.43 Å². The molecule has 1 saturated heterocycles. The Morgan fingerprint density at radius 1 is 1.33 bits per heavy atom. The Labute approximate surface area is 158 Å². The van der Waals surface area contributed by atoms with Crippen molar-refractivity contribution in [2.75, 3.05) is 24.5 Å². The molecule has 2 aromatic rings. The number of anilines is 1. The summed E-state index contributed by atoms with van der Waals surface area (Å²) in [6.07, 6.45) is 2.64. The van der Waals surface area contributed by atoms with E-state index in [4.69, 9.17) is 17.3 Å². The van der Waals surface area contributed by atoms with Crippen LogP contribution in [0.15, 0.2) is 17.1 Å². The molecule has 0 bridgehead atoms. The summed E-state index contributed by atoms with van der Waals surface area (Å²) in [5.74, 6) is -3.30. The first-order valence-corrected chi connectivity index (χ1v) is 9.16. The molecule has 2 atom stereocenters. The molecular formula is C18H18ClF2N3O3. The van der Waals surface area contributed by atoms with E-state index in [9.17, 15) is 19.1 Å². The van der Waals surface area contributed by atoms with E-state index in [1.807, 2.05) is 0 Å². The third kappa shape index (κ3) is 2.87. The third-order valence-corrected chi connectivity index (χ3v) is 5.83. The largest absolute Gasteiger partial charge is 0.477 e. The molecule has 3 N–H and O–H groups in total. The highest BCUT2D eigenvalue weighted by molar-refractivity contribution is 6.21. The van der Waals surface area contributed by atoms with Crippen molar-refractivity contribution in [2.45, 2.75) is 24.3 Å². The van der Waals surface area contributed by atoms with Crippen LogP contribution in [0.4, 0.5) is 14.5 Å². The van der Waals surface area contributed by atoms with Gasteiger partial charge in [0.05, 0.1) is 16.3 Å². The average molecular weight is 398 g/mol. The minimum absolute atomic E-state index is 0.0637. The smallest absolute Gasteiger partial charge is 0.341 e. The fourth-order valence-corrected chi connectivity index (χ4v) is 4.10. The number of hydrogen-bond donors (Lipinski definition) is 2. The van der Waals surface area contributed by atoms with Crippen molar-refractivity contribution < 1.29 is 18.7 Å². The number of nitrogens with two attached hydrogens (primary N) is 1. The van der Waals surface area contributed by atoms with Crippen LogP contribution in [0.5, 0.6) is 0 Å². The van der Waals surface area contributed by atoms with E-state index in [1.54, 1.807) is 0 Å². The highest BCUT2D eigenvalue weighted by Crippen LogP contribution is 2.40. The summed E-state index contributed by atoms with van der Waals surface area (Å²) in [6.45, 7) is 0.852. The van der Waals surface area contributed by atoms with Crippen molar-refractivity contribution in [1.29, 1.82) is 0 Å². The van der Waals surface area contributed by atoms with Crippen LogP contribution in [0.2, 0.25) is 0 Å². The highest BCUT2D eigenvalue weighted by Gasteiger charge is 2.35. The van der Waals surface area contributed by atoms with Gasteiger partial charge in [0.1, 0.15) is 17.1 Å². The molecule has 1 aliphatic heterocycles. The molecule has 4 rings (SSSR count). The number of aromatic carboxylic acids is 1. The summed E-state index contributed by atoms with van der Waals surface area (Å²) in [5.41, 5.74) is 3.97. The zero-order valence-corrected chi connectivity index (χ0v) is 15.0. The first-order chi connectivity index (χ1) is 12.8. The molecular weight excluding hydrogens is 380 g/mol. The van der Waals surface area contributed by atoms with Crippen LogP contribution in [-0.2, 0) is 0 Å². The number of pyridine rings is 1. The van der Waals surface area contributed by atoms with Crippen LogP contribution < -0.4 is 16.1 Å². The maximum Gasteiger partial charge on any atom is 0.341 e. The number of carboxylic acid groups (broad SMARTS) is 1. The van der Waals surface area contributed by atoms with Crippen molar-refractivity contribution in [3.05, 3.63) is 39.7 Å². The van der Waals surface area contributed by atoms with Gasteiger partial charge in [0, 0.05) is 31.2 Å².